The lowest BCUT2D eigenvalue weighted by Crippen LogP contribution is -2.32. The number of aryl methyl sites for hydroxylation is 2. The highest BCUT2D eigenvalue weighted by Crippen LogP contribution is 2.40. The molecule has 0 aliphatic heterocycles. The average Bonchev–Trinajstić information content (AvgIpc) is 2.26. The third kappa shape index (κ3) is 2.47. The summed E-state index contributed by atoms with van der Waals surface area (Å²) in [6, 6.07) is 4.09. The number of hydrogen-bond donors (Lipinski definition) is 1. The van der Waals surface area contributed by atoms with Crippen LogP contribution < -0.4 is 4.74 Å². The summed E-state index contributed by atoms with van der Waals surface area (Å²) < 4.78 is 5.45. The molecule has 0 bridgehead atoms. The second-order valence-electron chi connectivity index (χ2n) is 5.09. The van der Waals surface area contributed by atoms with Crippen molar-refractivity contribution >= 4 is 0 Å². The molecule has 0 heterocycles. The van der Waals surface area contributed by atoms with Gasteiger partial charge < -0.3 is 9.84 Å². The predicted molar refractivity (Wildman–Crippen MR) is 71.5 cm³/mol. The first kappa shape index (κ1) is 14.0. The third-order valence-electron chi connectivity index (χ3n) is 3.59. The van der Waals surface area contributed by atoms with E-state index in [1.165, 1.54) is 0 Å². The normalized spacial score (nSPS) is 14.8. The quantitative estimate of drug-likeness (QED) is 0.866. The molecule has 0 fully saturated rings. The summed E-state index contributed by atoms with van der Waals surface area (Å²) in [7, 11) is 1.66. The first-order chi connectivity index (χ1) is 7.86. The van der Waals surface area contributed by atoms with Crippen LogP contribution in [0.1, 0.15) is 43.9 Å². The molecule has 1 unspecified atom stereocenters. The number of methoxy groups -OCH3 is 1. The van der Waals surface area contributed by atoms with Gasteiger partial charge in [0.15, 0.2) is 0 Å². The summed E-state index contributed by atoms with van der Waals surface area (Å²) in [5, 5.41) is 10.9. The molecule has 1 rings (SSSR count). The number of rotatable bonds is 4. The van der Waals surface area contributed by atoms with E-state index in [9.17, 15) is 5.11 Å². The van der Waals surface area contributed by atoms with Crippen LogP contribution in [0, 0.1) is 19.8 Å². The molecule has 2 nitrogen and oxygen atoms in total. The number of benzene rings is 1. The van der Waals surface area contributed by atoms with Crippen molar-refractivity contribution in [3.63, 3.8) is 0 Å². The maximum absolute atomic E-state index is 10.9. The molecule has 0 aliphatic rings. The van der Waals surface area contributed by atoms with Crippen molar-refractivity contribution in [2.75, 3.05) is 7.11 Å². The fraction of sp³-hybridized carbons (Fsp3) is 0.600. The Hall–Kier alpha value is -1.02. The van der Waals surface area contributed by atoms with Gasteiger partial charge in [-0.25, -0.2) is 0 Å². The summed E-state index contributed by atoms with van der Waals surface area (Å²) in [4.78, 5) is 0. The van der Waals surface area contributed by atoms with Crippen LogP contribution in [0.3, 0.4) is 0 Å². The zero-order chi connectivity index (χ0) is 13.2. The average molecular weight is 236 g/mol. The minimum Gasteiger partial charge on any atom is -0.496 e. The van der Waals surface area contributed by atoms with Gasteiger partial charge in [-0.2, -0.15) is 0 Å². The highest BCUT2D eigenvalue weighted by molar-refractivity contribution is 5.46. The molecule has 1 atom stereocenters. The highest BCUT2D eigenvalue weighted by Gasteiger charge is 2.35. The van der Waals surface area contributed by atoms with Crippen LogP contribution in [-0.4, -0.2) is 12.2 Å². The topological polar surface area (TPSA) is 29.5 Å². The first-order valence-corrected chi connectivity index (χ1v) is 6.24. The minimum atomic E-state index is -0.816. The largest absolute Gasteiger partial charge is 0.496 e. The van der Waals surface area contributed by atoms with Gasteiger partial charge >= 0.3 is 0 Å². The van der Waals surface area contributed by atoms with E-state index in [0.29, 0.717) is 6.42 Å². The van der Waals surface area contributed by atoms with Crippen molar-refractivity contribution in [3.05, 3.63) is 28.8 Å². The van der Waals surface area contributed by atoms with E-state index >= 15 is 0 Å². The third-order valence-corrected chi connectivity index (χ3v) is 3.59. The molecule has 0 amide bonds. The molecular formula is C15H24O2. The monoisotopic (exact) mass is 236 g/mol. The Labute approximate surface area is 105 Å². The molecule has 0 radical (unpaired) electrons. The minimum absolute atomic E-state index is 0.155. The zero-order valence-electron chi connectivity index (χ0n) is 11.8. The summed E-state index contributed by atoms with van der Waals surface area (Å²) >= 11 is 0. The van der Waals surface area contributed by atoms with Gasteiger partial charge in [-0.15, -0.1) is 0 Å². The lowest BCUT2D eigenvalue weighted by atomic mass is 9.78. The molecule has 0 saturated carbocycles. The Kier molecular flexibility index (Phi) is 4.21. The van der Waals surface area contributed by atoms with E-state index in [4.69, 9.17) is 4.74 Å². The van der Waals surface area contributed by atoms with Crippen molar-refractivity contribution < 1.29 is 9.84 Å². The molecule has 1 N–H and O–H groups in total. The summed E-state index contributed by atoms with van der Waals surface area (Å²) in [5.74, 6) is 0.948. The molecule has 1 aromatic rings. The number of aliphatic hydroxyl groups is 1. The van der Waals surface area contributed by atoms with E-state index in [-0.39, 0.29) is 5.92 Å². The van der Waals surface area contributed by atoms with Crippen LogP contribution >= 0.6 is 0 Å². The Bertz CT molecular complexity index is 396. The molecule has 0 spiro atoms. The van der Waals surface area contributed by atoms with Crippen molar-refractivity contribution in [1.29, 1.82) is 0 Å². The Morgan fingerprint density at radius 1 is 1.29 bits per heavy atom. The van der Waals surface area contributed by atoms with E-state index in [1.54, 1.807) is 7.11 Å². The van der Waals surface area contributed by atoms with Gasteiger partial charge in [-0.3, -0.25) is 0 Å². The lowest BCUT2D eigenvalue weighted by Gasteiger charge is -2.34. The van der Waals surface area contributed by atoms with E-state index in [0.717, 1.165) is 22.4 Å². The number of ether oxygens (including phenoxy) is 1. The van der Waals surface area contributed by atoms with Crippen LogP contribution in [0.25, 0.3) is 0 Å². The van der Waals surface area contributed by atoms with Gasteiger partial charge in [-0.05, 0) is 43.4 Å². The standard InChI is InChI=1S/C15H24O2/c1-7-15(16,10(2)3)14-12(5)8-11(4)9-13(14)17-6/h8-10,16H,7H2,1-6H3. The maximum Gasteiger partial charge on any atom is 0.125 e. The number of hydrogen-bond acceptors (Lipinski definition) is 2. The smallest absolute Gasteiger partial charge is 0.125 e. The van der Waals surface area contributed by atoms with Crippen LogP contribution in [-0.2, 0) is 5.60 Å². The maximum atomic E-state index is 10.9. The van der Waals surface area contributed by atoms with E-state index < -0.39 is 5.60 Å². The van der Waals surface area contributed by atoms with Crippen LogP contribution in [0.15, 0.2) is 12.1 Å². The summed E-state index contributed by atoms with van der Waals surface area (Å²) in [6.45, 7) is 10.2. The van der Waals surface area contributed by atoms with Crippen molar-refractivity contribution in [2.24, 2.45) is 5.92 Å². The Morgan fingerprint density at radius 3 is 2.29 bits per heavy atom. The van der Waals surface area contributed by atoms with Gasteiger partial charge in [0.05, 0.1) is 12.7 Å². The molecule has 17 heavy (non-hydrogen) atoms. The van der Waals surface area contributed by atoms with Gasteiger partial charge in [0.25, 0.3) is 0 Å². The van der Waals surface area contributed by atoms with Crippen molar-refractivity contribution in [1.82, 2.24) is 0 Å². The van der Waals surface area contributed by atoms with Gasteiger partial charge in [-0.1, -0.05) is 26.8 Å². The molecule has 0 aromatic heterocycles. The highest BCUT2D eigenvalue weighted by atomic mass is 16.5. The second kappa shape index (κ2) is 5.09. The molecular weight excluding hydrogens is 212 g/mol. The molecule has 96 valence electrons. The molecule has 0 aliphatic carbocycles. The van der Waals surface area contributed by atoms with Crippen molar-refractivity contribution in [3.8, 4) is 5.75 Å². The summed E-state index contributed by atoms with van der Waals surface area (Å²) in [6.07, 6.45) is 0.685. The van der Waals surface area contributed by atoms with Gasteiger partial charge in [0, 0.05) is 5.56 Å². The second-order valence-corrected chi connectivity index (χ2v) is 5.09. The molecule has 0 saturated heterocycles. The van der Waals surface area contributed by atoms with Gasteiger partial charge in [0.2, 0.25) is 0 Å². The van der Waals surface area contributed by atoms with Crippen LogP contribution in [0.4, 0.5) is 0 Å². The fourth-order valence-electron chi connectivity index (χ4n) is 2.52. The van der Waals surface area contributed by atoms with Crippen molar-refractivity contribution in [2.45, 2.75) is 46.6 Å². The lowest BCUT2D eigenvalue weighted by molar-refractivity contribution is -0.0164. The fourth-order valence-corrected chi connectivity index (χ4v) is 2.52. The van der Waals surface area contributed by atoms with Crippen LogP contribution in [0.2, 0.25) is 0 Å². The zero-order valence-corrected chi connectivity index (χ0v) is 11.8. The van der Waals surface area contributed by atoms with Crippen LogP contribution in [0.5, 0.6) is 5.75 Å². The molecule has 2 heteroatoms. The van der Waals surface area contributed by atoms with Gasteiger partial charge in [0.1, 0.15) is 5.75 Å². The van der Waals surface area contributed by atoms with E-state index in [2.05, 4.69) is 6.07 Å². The first-order valence-electron chi connectivity index (χ1n) is 6.24. The summed E-state index contributed by atoms with van der Waals surface area (Å²) in [5.41, 5.74) is 2.37. The predicted octanol–water partition coefficient (Wildman–Crippen LogP) is 3.57. The van der Waals surface area contributed by atoms with E-state index in [1.807, 2.05) is 40.7 Å². The Morgan fingerprint density at radius 2 is 1.88 bits per heavy atom. The molecule has 1 aromatic carbocycles. The SMILES string of the molecule is CCC(O)(c1c(C)cc(C)cc1OC)C(C)C. The Balaban J connectivity index is 3.48.